The van der Waals surface area contributed by atoms with Crippen LogP contribution in [-0.2, 0) is 0 Å². The van der Waals surface area contributed by atoms with Crippen LogP contribution < -0.4 is 0 Å². The van der Waals surface area contributed by atoms with Crippen LogP contribution in [0.2, 0.25) is 0 Å². The van der Waals surface area contributed by atoms with Crippen LogP contribution in [0.4, 0.5) is 0 Å². The summed E-state index contributed by atoms with van der Waals surface area (Å²) in [4.78, 5) is 20.2. The summed E-state index contributed by atoms with van der Waals surface area (Å²) in [5.41, 5.74) is 5.90. The van der Waals surface area contributed by atoms with Gasteiger partial charge in [0.25, 0.3) is 0 Å². The number of fused-ring (bicyclic) bond motifs is 6. The predicted molar refractivity (Wildman–Crippen MR) is 174 cm³/mol. The van der Waals surface area contributed by atoms with Crippen molar-refractivity contribution >= 4 is 54.5 Å². The Morgan fingerprint density at radius 2 is 0.977 bits per heavy atom. The zero-order valence-corrected chi connectivity index (χ0v) is 22.9. The molecule has 0 amide bonds. The van der Waals surface area contributed by atoms with Gasteiger partial charge < -0.3 is 4.42 Å². The second-order valence-corrected chi connectivity index (χ2v) is 10.7. The SMILES string of the molecule is c1ccc2cc(-c3nc(-c4ccc5ccccc5c4)nc(-c4cccc5oc6cc7ccccc7nc6c45)n3)ccc2c1. The normalized spacial score (nSPS) is 11.7. The number of hydrogen-bond donors (Lipinski definition) is 0. The molecule has 0 saturated heterocycles. The van der Waals surface area contributed by atoms with Crippen LogP contribution in [0, 0.1) is 0 Å². The van der Waals surface area contributed by atoms with Gasteiger partial charge in [0.15, 0.2) is 23.1 Å². The molecule has 0 aliphatic carbocycles. The number of pyridine rings is 1. The number of furan rings is 1. The van der Waals surface area contributed by atoms with Crippen LogP contribution in [0.15, 0.2) is 138 Å². The average molecular weight is 551 g/mol. The van der Waals surface area contributed by atoms with Crippen LogP contribution in [0.25, 0.3) is 88.7 Å². The Morgan fingerprint density at radius 3 is 1.65 bits per heavy atom. The van der Waals surface area contributed by atoms with Crippen molar-refractivity contribution in [3.8, 4) is 34.2 Å². The van der Waals surface area contributed by atoms with E-state index in [4.69, 9.17) is 24.4 Å². The first-order valence-corrected chi connectivity index (χ1v) is 14.2. The quantitative estimate of drug-likeness (QED) is 0.219. The molecule has 0 unspecified atom stereocenters. The maximum absolute atomic E-state index is 6.32. The largest absolute Gasteiger partial charge is 0.454 e. The lowest BCUT2D eigenvalue weighted by molar-refractivity contribution is 0.669. The maximum atomic E-state index is 6.32. The summed E-state index contributed by atoms with van der Waals surface area (Å²) in [6.45, 7) is 0. The molecule has 9 aromatic rings. The van der Waals surface area contributed by atoms with Gasteiger partial charge in [-0.3, -0.25) is 0 Å². The lowest BCUT2D eigenvalue weighted by Crippen LogP contribution is -2.00. The van der Waals surface area contributed by atoms with Crippen molar-refractivity contribution in [2.45, 2.75) is 0 Å². The lowest BCUT2D eigenvalue weighted by atomic mass is 10.0. The Balaban J connectivity index is 1.32. The molecule has 5 heteroatoms. The highest BCUT2D eigenvalue weighted by Gasteiger charge is 2.19. The van der Waals surface area contributed by atoms with E-state index in [0.717, 1.165) is 60.4 Å². The highest BCUT2D eigenvalue weighted by atomic mass is 16.3. The van der Waals surface area contributed by atoms with E-state index in [9.17, 15) is 0 Å². The first kappa shape index (κ1) is 23.7. The third-order valence-corrected chi connectivity index (χ3v) is 8.06. The molecule has 5 nitrogen and oxygen atoms in total. The average Bonchev–Trinajstić information content (AvgIpc) is 3.44. The van der Waals surface area contributed by atoms with E-state index < -0.39 is 0 Å². The minimum atomic E-state index is 0.574. The topological polar surface area (TPSA) is 64.7 Å². The molecule has 200 valence electrons. The fraction of sp³-hybridized carbons (Fsp3) is 0. The van der Waals surface area contributed by atoms with Crippen molar-refractivity contribution in [1.82, 2.24) is 19.9 Å². The first-order chi connectivity index (χ1) is 21.3. The van der Waals surface area contributed by atoms with E-state index >= 15 is 0 Å². The maximum Gasteiger partial charge on any atom is 0.164 e. The molecule has 0 N–H and O–H groups in total. The van der Waals surface area contributed by atoms with Gasteiger partial charge in [-0.05, 0) is 51.9 Å². The van der Waals surface area contributed by atoms with Crippen molar-refractivity contribution in [1.29, 1.82) is 0 Å². The second-order valence-electron chi connectivity index (χ2n) is 10.7. The zero-order valence-electron chi connectivity index (χ0n) is 22.9. The van der Waals surface area contributed by atoms with Gasteiger partial charge in [0.05, 0.1) is 10.9 Å². The molecule has 6 aromatic carbocycles. The molecule has 0 atom stereocenters. The van der Waals surface area contributed by atoms with Crippen molar-refractivity contribution in [3.63, 3.8) is 0 Å². The molecule has 3 aromatic heterocycles. The monoisotopic (exact) mass is 550 g/mol. The summed E-state index contributed by atoms with van der Waals surface area (Å²) in [6.07, 6.45) is 0. The van der Waals surface area contributed by atoms with E-state index in [-0.39, 0.29) is 0 Å². The summed E-state index contributed by atoms with van der Waals surface area (Å²) in [6, 6.07) is 45.4. The summed E-state index contributed by atoms with van der Waals surface area (Å²) in [7, 11) is 0. The molecule has 3 heterocycles. The minimum absolute atomic E-state index is 0.574. The molecular weight excluding hydrogens is 528 g/mol. The van der Waals surface area contributed by atoms with Crippen LogP contribution in [0.5, 0.6) is 0 Å². The Bertz CT molecular complexity index is 2430. The Labute approximate surface area is 246 Å². The van der Waals surface area contributed by atoms with Gasteiger partial charge in [-0.1, -0.05) is 103 Å². The molecule has 0 aliphatic rings. The minimum Gasteiger partial charge on any atom is -0.454 e. The summed E-state index contributed by atoms with van der Waals surface area (Å²) in [5, 5.41) is 6.53. The van der Waals surface area contributed by atoms with Gasteiger partial charge in [-0.2, -0.15) is 0 Å². The van der Waals surface area contributed by atoms with Crippen molar-refractivity contribution < 1.29 is 4.42 Å². The van der Waals surface area contributed by atoms with Crippen LogP contribution >= 0.6 is 0 Å². The van der Waals surface area contributed by atoms with Gasteiger partial charge in [0, 0.05) is 22.1 Å². The molecule has 0 bridgehead atoms. The van der Waals surface area contributed by atoms with Gasteiger partial charge >= 0.3 is 0 Å². The molecule has 0 aliphatic heterocycles. The Hall–Kier alpha value is -5.94. The van der Waals surface area contributed by atoms with Crippen LogP contribution in [0.1, 0.15) is 0 Å². The molecular formula is C38H22N4O. The standard InChI is InChI=1S/C38H22N4O/c1-3-10-25-20-28(18-16-23(25)8-1)36-40-37(29-19-17-24-9-2-4-11-26(24)21-29)42-38(41-36)30-13-7-15-32-34(30)35-33(43-32)22-27-12-5-6-14-31(27)39-35/h1-22H. The van der Waals surface area contributed by atoms with E-state index in [1.165, 1.54) is 10.8 Å². The third-order valence-electron chi connectivity index (χ3n) is 8.06. The van der Waals surface area contributed by atoms with Crippen LogP contribution in [0.3, 0.4) is 0 Å². The summed E-state index contributed by atoms with van der Waals surface area (Å²) >= 11 is 0. The van der Waals surface area contributed by atoms with E-state index in [1.54, 1.807) is 0 Å². The van der Waals surface area contributed by atoms with E-state index in [0.29, 0.717) is 17.5 Å². The van der Waals surface area contributed by atoms with E-state index in [1.807, 2.05) is 66.7 Å². The van der Waals surface area contributed by atoms with Gasteiger partial charge in [0.2, 0.25) is 0 Å². The molecule has 0 spiro atoms. The predicted octanol–water partition coefficient (Wildman–Crippen LogP) is 9.63. The van der Waals surface area contributed by atoms with Gasteiger partial charge in [-0.25, -0.2) is 19.9 Å². The molecule has 0 saturated carbocycles. The number of para-hydroxylation sites is 1. The third kappa shape index (κ3) is 3.94. The zero-order chi connectivity index (χ0) is 28.3. The first-order valence-electron chi connectivity index (χ1n) is 14.2. The van der Waals surface area contributed by atoms with Gasteiger partial charge in [-0.15, -0.1) is 0 Å². The number of rotatable bonds is 3. The highest BCUT2D eigenvalue weighted by molar-refractivity contribution is 6.12. The lowest BCUT2D eigenvalue weighted by Gasteiger charge is -2.10. The van der Waals surface area contributed by atoms with Gasteiger partial charge in [0.1, 0.15) is 11.1 Å². The van der Waals surface area contributed by atoms with Crippen molar-refractivity contribution in [2.24, 2.45) is 0 Å². The van der Waals surface area contributed by atoms with Crippen molar-refractivity contribution in [3.05, 3.63) is 133 Å². The molecule has 0 fully saturated rings. The molecule has 9 rings (SSSR count). The fourth-order valence-electron chi connectivity index (χ4n) is 5.93. The number of hydrogen-bond acceptors (Lipinski definition) is 5. The number of nitrogens with zero attached hydrogens (tertiary/aromatic N) is 4. The second kappa shape index (κ2) is 9.29. The summed E-state index contributed by atoms with van der Waals surface area (Å²) < 4.78 is 6.32. The molecule has 0 radical (unpaired) electrons. The Morgan fingerprint density at radius 1 is 0.395 bits per heavy atom. The smallest absolute Gasteiger partial charge is 0.164 e. The highest BCUT2D eigenvalue weighted by Crippen LogP contribution is 2.37. The number of aromatic nitrogens is 4. The Kier molecular flexibility index (Phi) is 5.13. The van der Waals surface area contributed by atoms with Crippen LogP contribution in [-0.4, -0.2) is 19.9 Å². The summed E-state index contributed by atoms with van der Waals surface area (Å²) in [5.74, 6) is 1.80. The molecule has 43 heavy (non-hydrogen) atoms. The number of benzene rings is 6. The van der Waals surface area contributed by atoms with Crippen molar-refractivity contribution in [2.75, 3.05) is 0 Å². The van der Waals surface area contributed by atoms with E-state index in [2.05, 4.69) is 66.7 Å². The fourth-order valence-corrected chi connectivity index (χ4v) is 5.93.